The van der Waals surface area contributed by atoms with Crippen molar-refractivity contribution < 1.29 is 4.79 Å². The monoisotopic (exact) mass is 354 g/mol. The zero-order chi connectivity index (χ0) is 18.5. The van der Waals surface area contributed by atoms with Crippen molar-refractivity contribution >= 4 is 30.4 Å². The Labute approximate surface area is 152 Å². The van der Waals surface area contributed by atoms with Crippen LogP contribution in [-0.4, -0.2) is 78.4 Å². The quantitative estimate of drug-likeness (QED) is 0.743. The van der Waals surface area contributed by atoms with Crippen LogP contribution in [-0.2, 0) is 4.79 Å². The normalized spacial score (nSPS) is 18.7. The molecular formula is C17H22N8O. The van der Waals surface area contributed by atoms with E-state index in [4.69, 9.17) is 10.7 Å². The van der Waals surface area contributed by atoms with Crippen molar-refractivity contribution in [2.24, 2.45) is 15.7 Å². The third kappa shape index (κ3) is 3.94. The molecule has 136 valence electrons. The molecule has 0 unspecified atom stereocenters. The van der Waals surface area contributed by atoms with E-state index in [0.29, 0.717) is 18.1 Å². The summed E-state index contributed by atoms with van der Waals surface area (Å²) in [6, 6.07) is 1.90. The first-order chi connectivity index (χ1) is 12.6. The van der Waals surface area contributed by atoms with E-state index in [1.54, 1.807) is 29.7 Å². The van der Waals surface area contributed by atoms with Crippen molar-refractivity contribution in [3.8, 4) is 0 Å². The van der Waals surface area contributed by atoms with Crippen LogP contribution in [0.2, 0.25) is 0 Å². The molecule has 1 amide bonds. The highest BCUT2D eigenvalue weighted by molar-refractivity contribution is 5.94. The zero-order valence-corrected chi connectivity index (χ0v) is 14.7. The first kappa shape index (κ1) is 17.7. The number of hydrogen-bond donors (Lipinski definition) is 1. The number of carbonyl (C=O) groups excluding carboxylic acids is 1. The maximum Gasteiger partial charge on any atom is 0.268 e. The lowest BCUT2D eigenvalue weighted by Crippen LogP contribution is -2.44. The van der Waals surface area contributed by atoms with Gasteiger partial charge in [-0.3, -0.25) is 14.8 Å². The first-order valence-electron chi connectivity index (χ1n) is 8.32. The van der Waals surface area contributed by atoms with Gasteiger partial charge < -0.3 is 20.4 Å². The summed E-state index contributed by atoms with van der Waals surface area (Å²) < 4.78 is 0. The van der Waals surface area contributed by atoms with Gasteiger partial charge in [0.15, 0.2) is 5.82 Å². The van der Waals surface area contributed by atoms with Gasteiger partial charge in [-0.05, 0) is 19.8 Å². The second kappa shape index (κ2) is 7.87. The molecule has 2 aliphatic heterocycles. The van der Waals surface area contributed by atoms with Gasteiger partial charge in [-0.25, -0.2) is 9.97 Å². The van der Waals surface area contributed by atoms with Gasteiger partial charge in [-0.15, -0.1) is 0 Å². The van der Waals surface area contributed by atoms with Gasteiger partial charge in [0.2, 0.25) is 0 Å². The Kier molecular flexibility index (Phi) is 5.37. The molecule has 1 saturated heterocycles. The number of aromatic nitrogens is 2. The molecule has 1 aromatic rings. The lowest BCUT2D eigenvalue weighted by atomic mass is 10.3. The molecule has 3 rings (SSSR count). The van der Waals surface area contributed by atoms with Crippen molar-refractivity contribution in [2.45, 2.75) is 0 Å². The highest BCUT2D eigenvalue weighted by atomic mass is 16.1. The van der Waals surface area contributed by atoms with Crippen LogP contribution < -0.4 is 10.6 Å². The first-order valence-corrected chi connectivity index (χ1v) is 8.32. The zero-order valence-electron chi connectivity index (χ0n) is 14.7. The molecule has 0 atom stereocenters. The second-order valence-corrected chi connectivity index (χ2v) is 6.07. The Bertz CT molecular complexity index is 777. The van der Waals surface area contributed by atoms with Gasteiger partial charge in [0.25, 0.3) is 5.91 Å². The molecule has 0 bridgehead atoms. The SMILES string of the molecule is C=N/C=C(/c1nccc(N2CCN(C)CC2)n1)N1C=C(C(N)=O)N=CC1. The van der Waals surface area contributed by atoms with Crippen LogP contribution in [0.3, 0.4) is 0 Å². The molecule has 2 aliphatic rings. The summed E-state index contributed by atoms with van der Waals surface area (Å²) in [5.41, 5.74) is 6.12. The van der Waals surface area contributed by atoms with E-state index < -0.39 is 5.91 Å². The van der Waals surface area contributed by atoms with Crippen molar-refractivity contribution in [3.63, 3.8) is 0 Å². The molecule has 9 heteroatoms. The van der Waals surface area contributed by atoms with Crippen LogP contribution in [0.5, 0.6) is 0 Å². The fourth-order valence-electron chi connectivity index (χ4n) is 2.79. The molecular weight excluding hydrogens is 332 g/mol. The molecule has 3 heterocycles. The number of primary amides is 1. The van der Waals surface area contributed by atoms with E-state index in [2.05, 4.69) is 38.5 Å². The van der Waals surface area contributed by atoms with Gasteiger partial charge in [0.05, 0.1) is 12.7 Å². The summed E-state index contributed by atoms with van der Waals surface area (Å²) in [6.07, 6.45) is 6.48. The Hall–Kier alpha value is -3.07. The van der Waals surface area contributed by atoms with Gasteiger partial charge >= 0.3 is 0 Å². The molecule has 1 aromatic heterocycles. The number of aliphatic imine (C=N–C) groups is 2. The van der Waals surface area contributed by atoms with Crippen molar-refractivity contribution in [1.82, 2.24) is 19.8 Å². The van der Waals surface area contributed by atoms with Crippen LogP contribution >= 0.6 is 0 Å². The lowest BCUT2D eigenvalue weighted by Gasteiger charge is -2.33. The number of rotatable bonds is 5. The third-order valence-electron chi connectivity index (χ3n) is 4.26. The predicted molar refractivity (Wildman–Crippen MR) is 102 cm³/mol. The molecule has 1 fully saturated rings. The minimum absolute atomic E-state index is 0.168. The molecule has 9 nitrogen and oxygen atoms in total. The van der Waals surface area contributed by atoms with Crippen LogP contribution in [0.25, 0.3) is 5.70 Å². The molecule has 0 saturated carbocycles. The smallest absolute Gasteiger partial charge is 0.268 e. The van der Waals surface area contributed by atoms with Crippen LogP contribution in [0, 0.1) is 0 Å². The summed E-state index contributed by atoms with van der Waals surface area (Å²) in [5.74, 6) is 0.774. The van der Waals surface area contributed by atoms with Gasteiger partial charge in [0.1, 0.15) is 17.2 Å². The Morgan fingerprint density at radius 1 is 1.35 bits per heavy atom. The fraction of sp³-hybridized carbons (Fsp3) is 0.353. The molecule has 0 spiro atoms. The van der Waals surface area contributed by atoms with Gasteiger partial charge in [-0.2, -0.15) is 0 Å². The van der Waals surface area contributed by atoms with E-state index in [0.717, 1.165) is 32.0 Å². The third-order valence-corrected chi connectivity index (χ3v) is 4.26. The number of nitrogens with zero attached hydrogens (tertiary/aromatic N) is 7. The van der Waals surface area contributed by atoms with Crippen LogP contribution in [0.15, 0.2) is 40.3 Å². The number of anilines is 1. The molecule has 0 aliphatic carbocycles. The van der Waals surface area contributed by atoms with E-state index in [9.17, 15) is 4.79 Å². The number of likely N-dealkylation sites (N-methyl/N-ethyl adjacent to an activating group) is 1. The lowest BCUT2D eigenvalue weighted by molar-refractivity contribution is -0.114. The van der Waals surface area contributed by atoms with Gasteiger partial charge in [0, 0.05) is 44.8 Å². The number of carbonyl (C=O) groups is 1. The average molecular weight is 354 g/mol. The maximum absolute atomic E-state index is 11.4. The highest BCUT2D eigenvalue weighted by Crippen LogP contribution is 2.22. The standard InChI is InChI=1S/C17H22N8O/c1-19-11-14(25-6-5-20-13(12-25)16(18)26)17-21-4-3-15(22-17)24-9-7-23(2)8-10-24/h3-5,11-12H,1,6-10H2,2H3,(H2,18,26)/b14-11-. The van der Waals surface area contributed by atoms with E-state index >= 15 is 0 Å². The molecule has 0 radical (unpaired) electrons. The summed E-state index contributed by atoms with van der Waals surface area (Å²) in [4.78, 5) is 34.7. The Balaban J connectivity index is 1.88. The Morgan fingerprint density at radius 3 is 2.81 bits per heavy atom. The molecule has 2 N–H and O–H groups in total. The minimum Gasteiger partial charge on any atom is -0.364 e. The number of nitrogens with two attached hydrogens (primary N) is 1. The van der Waals surface area contributed by atoms with Crippen LogP contribution in [0.1, 0.15) is 5.82 Å². The second-order valence-electron chi connectivity index (χ2n) is 6.07. The largest absolute Gasteiger partial charge is 0.364 e. The van der Waals surface area contributed by atoms with Crippen molar-refractivity contribution in [3.05, 3.63) is 36.2 Å². The van der Waals surface area contributed by atoms with E-state index in [1.807, 2.05) is 6.07 Å². The minimum atomic E-state index is -0.594. The summed E-state index contributed by atoms with van der Waals surface area (Å²) >= 11 is 0. The molecule has 26 heavy (non-hydrogen) atoms. The summed E-state index contributed by atoms with van der Waals surface area (Å²) in [6.45, 7) is 7.78. The number of amides is 1. The number of piperazine rings is 1. The van der Waals surface area contributed by atoms with Gasteiger partial charge in [-0.1, -0.05) is 0 Å². The van der Waals surface area contributed by atoms with E-state index in [1.165, 1.54) is 0 Å². The fourth-order valence-corrected chi connectivity index (χ4v) is 2.79. The predicted octanol–water partition coefficient (Wildman–Crippen LogP) is -0.0595. The van der Waals surface area contributed by atoms with Crippen molar-refractivity contribution in [1.29, 1.82) is 0 Å². The maximum atomic E-state index is 11.4. The topological polar surface area (TPSA) is 103 Å². The molecule has 0 aromatic carbocycles. The summed E-state index contributed by atoms with van der Waals surface area (Å²) in [7, 11) is 2.11. The average Bonchev–Trinajstić information content (AvgIpc) is 2.67. The number of hydrogen-bond acceptors (Lipinski definition) is 8. The highest BCUT2D eigenvalue weighted by Gasteiger charge is 2.20. The summed E-state index contributed by atoms with van der Waals surface area (Å²) in [5, 5.41) is 0. The van der Waals surface area contributed by atoms with E-state index in [-0.39, 0.29) is 5.70 Å². The van der Waals surface area contributed by atoms with Crippen LogP contribution in [0.4, 0.5) is 5.82 Å². The Morgan fingerprint density at radius 2 is 2.12 bits per heavy atom. The van der Waals surface area contributed by atoms with Crippen molar-refractivity contribution in [2.75, 3.05) is 44.7 Å².